The Kier molecular flexibility index (Phi) is 3.47. The normalized spacial score (nSPS) is 11.1. The molecule has 0 aromatic carbocycles. The molecular formula is C12H14N4OS. The average Bonchev–Trinajstić information content (AvgIpc) is 2.37. The van der Waals surface area contributed by atoms with Crippen molar-refractivity contribution in [2.45, 2.75) is 24.9 Å². The van der Waals surface area contributed by atoms with Crippen LogP contribution in [0.15, 0.2) is 11.2 Å². The highest BCUT2D eigenvalue weighted by molar-refractivity contribution is 7.98. The third-order valence-electron chi connectivity index (χ3n) is 2.59. The van der Waals surface area contributed by atoms with Crippen LogP contribution in [-0.4, -0.2) is 27.5 Å². The SMILES string of the molecule is CSc1nc(N)c2cc(C=O)nc(C(C)C)c2n1. The van der Waals surface area contributed by atoms with E-state index in [4.69, 9.17) is 5.73 Å². The quantitative estimate of drug-likeness (QED) is 0.519. The summed E-state index contributed by atoms with van der Waals surface area (Å²) in [5.41, 5.74) is 7.78. The summed E-state index contributed by atoms with van der Waals surface area (Å²) in [6.07, 6.45) is 2.61. The second-order valence-electron chi connectivity index (χ2n) is 4.20. The topological polar surface area (TPSA) is 81.8 Å². The zero-order valence-corrected chi connectivity index (χ0v) is 11.3. The molecule has 2 heterocycles. The molecule has 0 atom stereocenters. The standard InChI is InChI=1S/C12H14N4OS/c1-6(2)9-10-8(4-7(5-17)14-9)11(13)16-12(15-10)18-3/h4-6H,1-3H3,(H2,13,15,16). The van der Waals surface area contributed by atoms with Gasteiger partial charge in [0.1, 0.15) is 11.5 Å². The van der Waals surface area contributed by atoms with E-state index < -0.39 is 0 Å². The van der Waals surface area contributed by atoms with Gasteiger partial charge >= 0.3 is 0 Å². The van der Waals surface area contributed by atoms with Crippen LogP contribution >= 0.6 is 11.8 Å². The van der Waals surface area contributed by atoms with Gasteiger partial charge in [0.2, 0.25) is 0 Å². The molecular weight excluding hydrogens is 248 g/mol. The van der Waals surface area contributed by atoms with Crippen LogP contribution in [0.3, 0.4) is 0 Å². The molecule has 0 saturated heterocycles. The molecule has 5 nitrogen and oxygen atoms in total. The molecule has 18 heavy (non-hydrogen) atoms. The fraction of sp³-hybridized carbons (Fsp3) is 0.333. The maximum absolute atomic E-state index is 10.9. The number of rotatable bonds is 3. The van der Waals surface area contributed by atoms with Crippen molar-refractivity contribution in [2.24, 2.45) is 0 Å². The summed E-state index contributed by atoms with van der Waals surface area (Å²) >= 11 is 1.43. The van der Waals surface area contributed by atoms with Crippen LogP contribution < -0.4 is 5.73 Å². The van der Waals surface area contributed by atoms with Gasteiger partial charge in [-0.25, -0.2) is 15.0 Å². The fourth-order valence-corrected chi connectivity index (χ4v) is 2.10. The van der Waals surface area contributed by atoms with Crippen LogP contribution in [0, 0.1) is 0 Å². The number of nitrogens with two attached hydrogens (primary N) is 1. The summed E-state index contributed by atoms with van der Waals surface area (Å²) in [4.78, 5) is 23.8. The number of hydrogen-bond donors (Lipinski definition) is 1. The average molecular weight is 262 g/mol. The molecule has 0 fully saturated rings. The third kappa shape index (κ3) is 2.15. The van der Waals surface area contributed by atoms with Crippen molar-refractivity contribution in [2.75, 3.05) is 12.0 Å². The lowest BCUT2D eigenvalue weighted by atomic mass is 10.1. The molecule has 0 amide bonds. The van der Waals surface area contributed by atoms with Gasteiger partial charge in [0.15, 0.2) is 11.4 Å². The highest BCUT2D eigenvalue weighted by Gasteiger charge is 2.14. The lowest BCUT2D eigenvalue weighted by molar-refractivity contribution is 0.111. The van der Waals surface area contributed by atoms with E-state index in [2.05, 4.69) is 15.0 Å². The summed E-state index contributed by atoms with van der Waals surface area (Å²) in [6, 6.07) is 1.63. The van der Waals surface area contributed by atoms with Crippen molar-refractivity contribution < 1.29 is 4.79 Å². The molecule has 2 aromatic rings. The number of nitrogens with zero attached hydrogens (tertiary/aromatic N) is 3. The Morgan fingerprint density at radius 1 is 1.33 bits per heavy atom. The Labute approximate surface area is 109 Å². The number of nitrogen functional groups attached to an aromatic ring is 1. The number of aromatic nitrogens is 3. The Balaban J connectivity index is 2.86. The van der Waals surface area contributed by atoms with Gasteiger partial charge in [-0.15, -0.1) is 0 Å². The molecule has 0 aliphatic heterocycles. The number of carbonyl (C=O) groups excluding carboxylic acids is 1. The molecule has 0 unspecified atom stereocenters. The first kappa shape index (κ1) is 12.8. The first-order valence-corrected chi connectivity index (χ1v) is 6.76. The summed E-state index contributed by atoms with van der Waals surface area (Å²) in [5, 5.41) is 1.30. The van der Waals surface area contributed by atoms with Crippen molar-refractivity contribution in [1.29, 1.82) is 0 Å². The number of anilines is 1. The van der Waals surface area contributed by atoms with E-state index in [-0.39, 0.29) is 5.92 Å². The van der Waals surface area contributed by atoms with E-state index in [1.54, 1.807) is 6.07 Å². The maximum atomic E-state index is 10.9. The lowest BCUT2D eigenvalue weighted by Gasteiger charge is -2.11. The molecule has 0 radical (unpaired) electrons. The van der Waals surface area contributed by atoms with Crippen LogP contribution in [0.5, 0.6) is 0 Å². The first-order valence-electron chi connectivity index (χ1n) is 5.54. The fourth-order valence-electron chi connectivity index (χ4n) is 1.73. The van der Waals surface area contributed by atoms with Gasteiger partial charge in [0.05, 0.1) is 11.2 Å². The smallest absolute Gasteiger partial charge is 0.189 e. The van der Waals surface area contributed by atoms with Gasteiger partial charge in [0.25, 0.3) is 0 Å². The van der Waals surface area contributed by atoms with Crippen LogP contribution in [0.25, 0.3) is 10.9 Å². The van der Waals surface area contributed by atoms with Gasteiger partial charge in [-0.3, -0.25) is 4.79 Å². The number of fused-ring (bicyclic) bond motifs is 1. The molecule has 6 heteroatoms. The van der Waals surface area contributed by atoms with E-state index in [0.717, 1.165) is 11.2 Å². The monoisotopic (exact) mass is 262 g/mol. The molecule has 0 spiro atoms. The van der Waals surface area contributed by atoms with Crippen molar-refractivity contribution in [1.82, 2.24) is 15.0 Å². The Hall–Kier alpha value is -1.69. The molecule has 94 valence electrons. The van der Waals surface area contributed by atoms with E-state index in [1.807, 2.05) is 20.1 Å². The van der Waals surface area contributed by atoms with Crippen LogP contribution in [0.4, 0.5) is 5.82 Å². The zero-order chi connectivity index (χ0) is 13.3. The summed E-state index contributed by atoms with van der Waals surface area (Å²) < 4.78 is 0. The van der Waals surface area contributed by atoms with Crippen LogP contribution in [0.1, 0.15) is 35.9 Å². The predicted octanol–water partition coefficient (Wildman–Crippen LogP) is 2.26. The van der Waals surface area contributed by atoms with E-state index in [0.29, 0.717) is 28.3 Å². The van der Waals surface area contributed by atoms with E-state index in [1.165, 1.54) is 11.8 Å². The second kappa shape index (κ2) is 4.89. The zero-order valence-electron chi connectivity index (χ0n) is 10.5. The minimum absolute atomic E-state index is 0.163. The molecule has 0 bridgehead atoms. The van der Waals surface area contributed by atoms with Crippen LogP contribution in [0.2, 0.25) is 0 Å². The molecule has 2 N–H and O–H groups in total. The highest BCUT2D eigenvalue weighted by atomic mass is 32.2. The Bertz CT molecular complexity index is 613. The first-order chi connectivity index (χ1) is 8.56. The summed E-state index contributed by atoms with van der Waals surface area (Å²) in [7, 11) is 0. The molecule has 2 aromatic heterocycles. The molecule has 0 aliphatic carbocycles. The van der Waals surface area contributed by atoms with E-state index >= 15 is 0 Å². The highest BCUT2D eigenvalue weighted by Crippen LogP contribution is 2.27. The number of aldehydes is 1. The Morgan fingerprint density at radius 2 is 2.06 bits per heavy atom. The van der Waals surface area contributed by atoms with Crippen molar-refractivity contribution in [3.63, 3.8) is 0 Å². The van der Waals surface area contributed by atoms with Gasteiger partial charge in [0, 0.05) is 5.39 Å². The van der Waals surface area contributed by atoms with Crippen molar-refractivity contribution in [3.8, 4) is 0 Å². The third-order valence-corrected chi connectivity index (χ3v) is 3.14. The minimum atomic E-state index is 0.163. The van der Waals surface area contributed by atoms with Gasteiger partial charge in [-0.1, -0.05) is 25.6 Å². The number of carbonyl (C=O) groups is 1. The van der Waals surface area contributed by atoms with Gasteiger partial charge in [-0.05, 0) is 18.2 Å². The number of thioether (sulfide) groups is 1. The largest absolute Gasteiger partial charge is 0.383 e. The molecule has 0 saturated carbocycles. The van der Waals surface area contributed by atoms with Crippen LogP contribution in [-0.2, 0) is 0 Å². The van der Waals surface area contributed by atoms with Crippen molar-refractivity contribution >= 4 is 34.8 Å². The summed E-state index contributed by atoms with van der Waals surface area (Å²) in [5.74, 6) is 0.549. The molecule has 0 aliphatic rings. The predicted molar refractivity (Wildman–Crippen MR) is 73.0 cm³/mol. The van der Waals surface area contributed by atoms with Gasteiger partial charge in [-0.2, -0.15) is 0 Å². The lowest BCUT2D eigenvalue weighted by Crippen LogP contribution is -2.04. The number of hydrogen-bond acceptors (Lipinski definition) is 6. The summed E-state index contributed by atoms with van der Waals surface area (Å²) in [6.45, 7) is 4.01. The van der Waals surface area contributed by atoms with Gasteiger partial charge < -0.3 is 5.73 Å². The molecule has 2 rings (SSSR count). The second-order valence-corrected chi connectivity index (χ2v) is 4.97. The maximum Gasteiger partial charge on any atom is 0.189 e. The minimum Gasteiger partial charge on any atom is -0.383 e. The Morgan fingerprint density at radius 3 is 2.61 bits per heavy atom. The van der Waals surface area contributed by atoms with E-state index in [9.17, 15) is 4.79 Å². The van der Waals surface area contributed by atoms with Crippen molar-refractivity contribution in [3.05, 3.63) is 17.5 Å². The number of pyridine rings is 1.